The Morgan fingerprint density at radius 3 is 3.06 bits per heavy atom. The van der Waals surface area contributed by atoms with Crippen LogP contribution in [0.3, 0.4) is 0 Å². The number of aryl methyl sites for hydroxylation is 2. The lowest BCUT2D eigenvalue weighted by Gasteiger charge is -1.94. The summed E-state index contributed by atoms with van der Waals surface area (Å²) in [6, 6.07) is 0. The maximum Gasteiger partial charge on any atom is 0.114 e. The van der Waals surface area contributed by atoms with E-state index in [0.717, 1.165) is 29.2 Å². The summed E-state index contributed by atoms with van der Waals surface area (Å²) >= 11 is 1.65. The highest BCUT2D eigenvalue weighted by Crippen LogP contribution is 2.10. The van der Waals surface area contributed by atoms with Gasteiger partial charge in [-0.1, -0.05) is 5.21 Å². The van der Waals surface area contributed by atoms with E-state index >= 15 is 0 Å². The van der Waals surface area contributed by atoms with E-state index in [0.29, 0.717) is 13.1 Å². The molecule has 0 bridgehead atoms. The zero-order chi connectivity index (χ0) is 11.4. The second-order valence-electron chi connectivity index (χ2n) is 3.68. The third-order valence-corrected chi connectivity index (χ3v) is 3.14. The molecule has 2 N–H and O–H groups in total. The van der Waals surface area contributed by atoms with Gasteiger partial charge in [0.2, 0.25) is 0 Å². The Balaban J connectivity index is 1.97. The number of hydrogen-bond acceptors (Lipinski definition) is 5. The van der Waals surface area contributed by atoms with E-state index in [4.69, 9.17) is 5.73 Å². The van der Waals surface area contributed by atoms with Gasteiger partial charge in [-0.3, -0.25) is 0 Å². The van der Waals surface area contributed by atoms with Crippen LogP contribution in [0, 0.1) is 6.92 Å². The van der Waals surface area contributed by atoms with Crippen molar-refractivity contribution in [3.63, 3.8) is 0 Å². The molecule has 6 heteroatoms. The van der Waals surface area contributed by atoms with Crippen LogP contribution in [-0.4, -0.2) is 26.5 Å². The minimum absolute atomic E-state index is 0.693. The molecular weight excluding hydrogens is 222 g/mol. The topological polar surface area (TPSA) is 69.6 Å². The second-order valence-corrected chi connectivity index (χ2v) is 4.62. The number of hydrogen-bond donors (Lipinski definition) is 1. The van der Waals surface area contributed by atoms with Gasteiger partial charge in [0.1, 0.15) is 5.01 Å². The minimum atomic E-state index is 0.693. The fraction of sp³-hybridized carbons (Fsp3) is 0.500. The zero-order valence-electron chi connectivity index (χ0n) is 9.26. The summed E-state index contributed by atoms with van der Waals surface area (Å²) in [6.45, 7) is 3.39. The first-order valence-electron chi connectivity index (χ1n) is 5.28. The van der Waals surface area contributed by atoms with Crippen LogP contribution >= 0.6 is 11.3 Å². The van der Waals surface area contributed by atoms with E-state index in [1.54, 1.807) is 11.3 Å². The number of nitrogens with two attached hydrogens (primary N) is 1. The number of rotatable bonds is 5. The van der Waals surface area contributed by atoms with Crippen LogP contribution < -0.4 is 5.73 Å². The Bertz CT molecular complexity index is 448. The minimum Gasteiger partial charge on any atom is -0.330 e. The van der Waals surface area contributed by atoms with Crippen molar-refractivity contribution in [3.05, 3.63) is 28.0 Å². The molecule has 0 aliphatic heterocycles. The molecule has 5 nitrogen and oxygen atoms in total. The van der Waals surface area contributed by atoms with Crippen LogP contribution in [0.4, 0.5) is 0 Å². The summed E-state index contributed by atoms with van der Waals surface area (Å²) in [5, 5.41) is 11.3. The third-order valence-electron chi connectivity index (χ3n) is 2.19. The highest BCUT2D eigenvalue weighted by molar-refractivity contribution is 7.09. The Morgan fingerprint density at radius 1 is 1.50 bits per heavy atom. The quantitative estimate of drug-likeness (QED) is 0.841. The van der Waals surface area contributed by atoms with E-state index < -0.39 is 0 Å². The SMILES string of the molecule is Cc1csc(Cn2cc(CCCN)nn2)n1. The lowest BCUT2D eigenvalue weighted by molar-refractivity contribution is 0.645. The molecule has 0 unspecified atom stereocenters. The first-order valence-corrected chi connectivity index (χ1v) is 6.16. The maximum absolute atomic E-state index is 5.45. The van der Waals surface area contributed by atoms with Crippen LogP contribution in [0.15, 0.2) is 11.6 Å². The van der Waals surface area contributed by atoms with Crippen molar-refractivity contribution < 1.29 is 0 Å². The van der Waals surface area contributed by atoms with Gasteiger partial charge in [0.15, 0.2) is 0 Å². The van der Waals surface area contributed by atoms with E-state index in [1.807, 2.05) is 23.2 Å². The lowest BCUT2D eigenvalue weighted by Crippen LogP contribution is -2.00. The Hall–Kier alpha value is -1.27. The number of thiazole rings is 1. The highest BCUT2D eigenvalue weighted by Gasteiger charge is 2.03. The third kappa shape index (κ3) is 2.86. The van der Waals surface area contributed by atoms with Gasteiger partial charge in [-0.25, -0.2) is 9.67 Å². The average molecular weight is 237 g/mol. The summed E-state index contributed by atoms with van der Waals surface area (Å²) in [5.41, 5.74) is 7.50. The van der Waals surface area contributed by atoms with Gasteiger partial charge in [0.25, 0.3) is 0 Å². The summed E-state index contributed by atoms with van der Waals surface area (Å²) in [6.07, 6.45) is 3.81. The molecule has 0 fully saturated rings. The van der Waals surface area contributed by atoms with Crippen molar-refractivity contribution in [2.45, 2.75) is 26.3 Å². The monoisotopic (exact) mass is 237 g/mol. The molecule has 2 rings (SSSR count). The molecule has 2 aromatic rings. The van der Waals surface area contributed by atoms with Crippen molar-refractivity contribution in [3.8, 4) is 0 Å². The van der Waals surface area contributed by atoms with E-state index in [1.165, 1.54) is 0 Å². The van der Waals surface area contributed by atoms with Gasteiger partial charge < -0.3 is 5.73 Å². The molecule has 0 aliphatic carbocycles. The predicted molar refractivity (Wildman–Crippen MR) is 63.4 cm³/mol. The van der Waals surface area contributed by atoms with Crippen molar-refractivity contribution in [2.75, 3.05) is 6.54 Å². The Morgan fingerprint density at radius 2 is 2.38 bits per heavy atom. The zero-order valence-corrected chi connectivity index (χ0v) is 10.1. The molecule has 0 aliphatic rings. The Labute approximate surface area is 98.3 Å². The molecule has 0 aromatic carbocycles. The first kappa shape index (κ1) is 11.2. The molecule has 2 aromatic heterocycles. The van der Waals surface area contributed by atoms with Gasteiger partial charge in [-0.05, 0) is 26.3 Å². The van der Waals surface area contributed by atoms with Crippen molar-refractivity contribution >= 4 is 11.3 Å². The predicted octanol–water partition coefficient (Wildman–Crippen LogP) is 0.983. The van der Waals surface area contributed by atoms with Gasteiger partial charge in [-0.15, -0.1) is 16.4 Å². The summed E-state index contributed by atoms with van der Waals surface area (Å²) in [5.74, 6) is 0. The number of aromatic nitrogens is 4. The van der Waals surface area contributed by atoms with Gasteiger partial charge in [0.05, 0.1) is 12.2 Å². The molecule has 0 saturated carbocycles. The molecule has 86 valence electrons. The van der Waals surface area contributed by atoms with E-state index in [-0.39, 0.29) is 0 Å². The Kier molecular flexibility index (Phi) is 3.63. The smallest absolute Gasteiger partial charge is 0.114 e. The fourth-order valence-electron chi connectivity index (χ4n) is 1.43. The van der Waals surface area contributed by atoms with Crippen molar-refractivity contribution in [2.24, 2.45) is 5.73 Å². The van der Waals surface area contributed by atoms with Crippen molar-refractivity contribution in [1.29, 1.82) is 0 Å². The largest absolute Gasteiger partial charge is 0.330 e. The standard InChI is InChI=1S/C10H15N5S/c1-8-7-16-10(12-8)6-15-5-9(13-14-15)3-2-4-11/h5,7H,2-4,6,11H2,1H3. The summed E-state index contributed by atoms with van der Waals surface area (Å²) in [7, 11) is 0. The fourth-order valence-corrected chi connectivity index (χ4v) is 2.19. The van der Waals surface area contributed by atoms with Gasteiger partial charge in [-0.2, -0.15) is 0 Å². The first-order chi connectivity index (χ1) is 7.78. The van der Waals surface area contributed by atoms with E-state index in [9.17, 15) is 0 Å². The van der Waals surface area contributed by atoms with Gasteiger partial charge in [0, 0.05) is 17.3 Å². The average Bonchev–Trinajstić information content (AvgIpc) is 2.86. The summed E-state index contributed by atoms with van der Waals surface area (Å²) in [4.78, 5) is 4.39. The molecule has 0 radical (unpaired) electrons. The van der Waals surface area contributed by atoms with Crippen LogP contribution in [0.1, 0.15) is 22.8 Å². The summed E-state index contributed by atoms with van der Waals surface area (Å²) < 4.78 is 1.82. The molecule has 16 heavy (non-hydrogen) atoms. The normalized spacial score (nSPS) is 10.9. The van der Waals surface area contributed by atoms with Crippen LogP contribution in [0.2, 0.25) is 0 Å². The molecule has 2 heterocycles. The lowest BCUT2D eigenvalue weighted by atomic mass is 10.2. The van der Waals surface area contributed by atoms with E-state index in [2.05, 4.69) is 15.3 Å². The molecule has 0 amide bonds. The number of nitrogens with zero attached hydrogens (tertiary/aromatic N) is 4. The molecule has 0 saturated heterocycles. The van der Waals surface area contributed by atoms with Crippen LogP contribution in [-0.2, 0) is 13.0 Å². The maximum atomic E-state index is 5.45. The van der Waals surface area contributed by atoms with Crippen LogP contribution in [0.25, 0.3) is 0 Å². The molecule has 0 spiro atoms. The van der Waals surface area contributed by atoms with Crippen LogP contribution in [0.5, 0.6) is 0 Å². The van der Waals surface area contributed by atoms with Crippen molar-refractivity contribution in [1.82, 2.24) is 20.0 Å². The second kappa shape index (κ2) is 5.18. The molecule has 0 atom stereocenters. The molecular formula is C10H15N5S. The van der Waals surface area contributed by atoms with Gasteiger partial charge >= 0.3 is 0 Å². The highest BCUT2D eigenvalue weighted by atomic mass is 32.1.